The number of carbonyl (C=O) groups excluding carboxylic acids is 1. The highest BCUT2D eigenvalue weighted by atomic mass is 16.2. The van der Waals surface area contributed by atoms with E-state index < -0.39 is 0 Å². The molecule has 1 aromatic carbocycles. The third-order valence-corrected chi connectivity index (χ3v) is 6.86. The monoisotopic (exact) mass is 363 g/mol. The number of amides is 1. The molecule has 2 aromatic rings. The Morgan fingerprint density at radius 3 is 2.44 bits per heavy atom. The van der Waals surface area contributed by atoms with Crippen LogP contribution in [0, 0.1) is 5.41 Å². The standard InChI is InChI=1S/C23H29N3O/c27-22(25-16-23(17-25)13-7-3-8-14-23)20-19-12-6-2-9-15-26(19)21(24-20)18-10-4-1-5-11-18/h1,4-5,10-11H,2-3,6-9,12-17H2. The SMILES string of the molecule is O=C(c1nc(-c2ccccc2)n2c1CCCCC2)N1CC2(CCCCC2)C1. The van der Waals surface area contributed by atoms with Crippen LogP contribution in [0.5, 0.6) is 0 Å². The van der Waals surface area contributed by atoms with Gasteiger partial charge in [0.15, 0.2) is 0 Å². The van der Waals surface area contributed by atoms with E-state index in [9.17, 15) is 4.79 Å². The Balaban J connectivity index is 1.45. The fourth-order valence-electron chi connectivity index (χ4n) is 5.37. The minimum Gasteiger partial charge on any atom is -0.336 e. The van der Waals surface area contributed by atoms with Gasteiger partial charge in [0.25, 0.3) is 5.91 Å². The minimum absolute atomic E-state index is 0.166. The molecule has 142 valence electrons. The van der Waals surface area contributed by atoms with Gasteiger partial charge < -0.3 is 9.47 Å². The van der Waals surface area contributed by atoms with E-state index in [0.717, 1.165) is 49.6 Å². The fourth-order valence-corrected chi connectivity index (χ4v) is 5.37. The van der Waals surface area contributed by atoms with E-state index in [0.29, 0.717) is 5.41 Å². The van der Waals surface area contributed by atoms with E-state index in [1.165, 1.54) is 50.6 Å². The zero-order valence-electron chi connectivity index (χ0n) is 16.1. The van der Waals surface area contributed by atoms with Crippen molar-refractivity contribution in [3.63, 3.8) is 0 Å². The molecule has 27 heavy (non-hydrogen) atoms. The van der Waals surface area contributed by atoms with Crippen molar-refractivity contribution in [2.45, 2.75) is 64.3 Å². The minimum atomic E-state index is 0.166. The number of carbonyl (C=O) groups is 1. The van der Waals surface area contributed by atoms with E-state index >= 15 is 0 Å². The highest BCUT2D eigenvalue weighted by molar-refractivity contribution is 5.95. The van der Waals surface area contributed by atoms with Crippen molar-refractivity contribution >= 4 is 5.91 Å². The molecule has 3 heterocycles. The van der Waals surface area contributed by atoms with Crippen LogP contribution in [0.2, 0.25) is 0 Å². The van der Waals surface area contributed by atoms with Gasteiger partial charge in [0.05, 0.1) is 5.69 Å². The summed E-state index contributed by atoms with van der Waals surface area (Å²) in [6.07, 6.45) is 11.2. The van der Waals surface area contributed by atoms with Crippen LogP contribution < -0.4 is 0 Å². The van der Waals surface area contributed by atoms with Gasteiger partial charge in [-0.3, -0.25) is 4.79 Å². The van der Waals surface area contributed by atoms with Gasteiger partial charge in [0.2, 0.25) is 0 Å². The summed E-state index contributed by atoms with van der Waals surface area (Å²) < 4.78 is 2.33. The first kappa shape index (κ1) is 17.0. The summed E-state index contributed by atoms with van der Waals surface area (Å²) in [7, 11) is 0. The molecule has 0 atom stereocenters. The van der Waals surface area contributed by atoms with Crippen LogP contribution in [0.15, 0.2) is 30.3 Å². The van der Waals surface area contributed by atoms with Crippen LogP contribution >= 0.6 is 0 Å². The number of fused-ring (bicyclic) bond motifs is 1. The van der Waals surface area contributed by atoms with Crippen molar-refractivity contribution in [3.05, 3.63) is 41.7 Å². The second-order valence-corrected chi connectivity index (χ2v) is 8.78. The summed E-state index contributed by atoms with van der Waals surface area (Å²) in [6, 6.07) is 10.4. The van der Waals surface area contributed by atoms with Gasteiger partial charge in [0.1, 0.15) is 11.5 Å². The van der Waals surface area contributed by atoms with Crippen LogP contribution in [-0.4, -0.2) is 33.4 Å². The molecule has 0 N–H and O–H groups in total. The molecule has 0 bridgehead atoms. The first-order chi connectivity index (χ1) is 13.3. The van der Waals surface area contributed by atoms with Crippen molar-refractivity contribution in [2.24, 2.45) is 5.41 Å². The Labute approximate surface area is 161 Å². The molecule has 0 unspecified atom stereocenters. The lowest BCUT2D eigenvalue weighted by atomic mass is 9.68. The molecule has 1 aliphatic carbocycles. The molecule has 1 spiro atoms. The van der Waals surface area contributed by atoms with Gasteiger partial charge in [-0.05, 0) is 32.1 Å². The second kappa shape index (κ2) is 6.81. The smallest absolute Gasteiger partial charge is 0.274 e. The number of aromatic nitrogens is 2. The number of hydrogen-bond donors (Lipinski definition) is 0. The number of imidazole rings is 1. The number of rotatable bonds is 2. The normalized spacial score (nSPS) is 21.4. The molecule has 4 nitrogen and oxygen atoms in total. The molecule has 1 amide bonds. The van der Waals surface area contributed by atoms with Gasteiger partial charge in [-0.1, -0.05) is 56.0 Å². The van der Waals surface area contributed by atoms with Crippen LogP contribution in [0.25, 0.3) is 11.4 Å². The summed E-state index contributed by atoms with van der Waals surface area (Å²) in [4.78, 5) is 20.3. The van der Waals surface area contributed by atoms with E-state index in [4.69, 9.17) is 4.98 Å². The third-order valence-electron chi connectivity index (χ3n) is 6.86. The van der Waals surface area contributed by atoms with Crippen LogP contribution in [-0.2, 0) is 13.0 Å². The van der Waals surface area contributed by atoms with Crippen LogP contribution in [0.3, 0.4) is 0 Å². The maximum atomic E-state index is 13.3. The number of benzene rings is 1. The van der Waals surface area contributed by atoms with Crippen molar-refractivity contribution in [1.82, 2.24) is 14.5 Å². The van der Waals surface area contributed by atoms with Crippen molar-refractivity contribution in [3.8, 4) is 11.4 Å². The molecule has 1 saturated heterocycles. The van der Waals surface area contributed by atoms with E-state index in [-0.39, 0.29) is 5.91 Å². The highest BCUT2D eigenvalue weighted by Crippen LogP contribution is 2.44. The van der Waals surface area contributed by atoms with E-state index in [2.05, 4.69) is 33.7 Å². The third kappa shape index (κ3) is 2.99. The molecule has 4 heteroatoms. The number of likely N-dealkylation sites (tertiary alicyclic amines) is 1. The van der Waals surface area contributed by atoms with E-state index in [1.807, 2.05) is 6.07 Å². The Kier molecular flexibility index (Phi) is 4.30. The molecule has 5 rings (SSSR count). The molecule has 1 aromatic heterocycles. The Morgan fingerprint density at radius 2 is 1.67 bits per heavy atom. The fraction of sp³-hybridized carbons (Fsp3) is 0.565. The summed E-state index contributed by atoms with van der Waals surface area (Å²) in [5, 5.41) is 0. The van der Waals surface area contributed by atoms with Gasteiger partial charge in [-0.25, -0.2) is 4.98 Å². The number of nitrogens with zero attached hydrogens (tertiary/aromatic N) is 3. The predicted molar refractivity (Wildman–Crippen MR) is 107 cm³/mol. The molecule has 2 fully saturated rings. The lowest BCUT2D eigenvalue weighted by Crippen LogP contribution is -2.59. The lowest BCUT2D eigenvalue weighted by molar-refractivity contribution is -0.0158. The van der Waals surface area contributed by atoms with Crippen molar-refractivity contribution < 1.29 is 4.79 Å². The first-order valence-electron chi connectivity index (χ1n) is 10.7. The Morgan fingerprint density at radius 1 is 0.926 bits per heavy atom. The summed E-state index contributed by atoms with van der Waals surface area (Å²) in [5.74, 6) is 1.14. The van der Waals surface area contributed by atoms with Crippen LogP contribution in [0.4, 0.5) is 0 Å². The lowest BCUT2D eigenvalue weighted by Gasteiger charge is -2.52. The molecule has 2 aliphatic heterocycles. The predicted octanol–water partition coefficient (Wildman–Crippen LogP) is 4.68. The average Bonchev–Trinajstić information content (AvgIpc) is 2.88. The molecule has 1 saturated carbocycles. The maximum absolute atomic E-state index is 13.3. The zero-order chi connectivity index (χ0) is 18.3. The largest absolute Gasteiger partial charge is 0.336 e. The van der Waals surface area contributed by atoms with Gasteiger partial charge in [-0.15, -0.1) is 0 Å². The summed E-state index contributed by atoms with van der Waals surface area (Å²) in [5.41, 5.74) is 3.43. The summed E-state index contributed by atoms with van der Waals surface area (Å²) >= 11 is 0. The summed E-state index contributed by atoms with van der Waals surface area (Å²) in [6.45, 7) is 2.86. The highest BCUT2D eigenvalue weighted by Gasteiger charge is 2.46. The van der Waals surface area contributed by atoms with Crippen molar-refractivity contribution in [2.75, 3.05) is 13.1 Å². The number of hydrogen-bond acceptors (Lipinski definition) is 2. The maximum Gasteiger partial charge on any atom is 0.274 e. The topological polar surface area (TPSA) is 38.1 Å². The molecular formula is C23H29N3O. The van der Waals surface area contributed by atoms with Crippen LogP contribution in [0.1, 0.15) is 67.5 Å². The molecule has 0 radical (unpaired) electrons. The van der Waals surface area contributed by atoms with Crippen molar-refractivity contribution in [1.29, 1.82) is 0 Å². The molecular weight excluding hydrogens is 334 g/mol. The Bertz CT molecular complexity index is 825. The van der Waals surface area contributed by atoms with E-state index in [1.54, 1.807) is 0 Å². The Hall–Kier alpha value is -2.10. The van der Waals surface area contributed by atoms with Gasteiger partial charge in [0, 0.05) is 30.6 Å². The quantitative estimate of drug-likeness (QED) is 0.777. The van der Waals surface area contributed by atoms with Gasteiger partial charge in [-0.2, -0.15) is 0 Å². The second-order valence-electron chi connectivity index (χ2n) is 8.78. The van der Waals surface area contributed by atoms with Gasteiger partial charge >= 0.3 is 0 Å². The first-order valence-corrected chi connectivity index (χ1v) is 10.7. The molecule has 3 aliphatic rings. The average molecular weight is 364 g/mol. The zero-order valence-corrected chi connectivity index (χ0v) is 16.1.